The summed E-state index contributed by atoms with van der Waals surface area (Å²) >= 11 is 1.87. The molecule has 0 fully saturated rings. The monoisotopic (exact) mass is 344 g/mol. The number of pyridine rings is 1. The molecule has 24 heavy (non-hydrogen) atoms. The normalized spacial score (nSPS) is 17.0. The topological polar surface area (TPSA) is 42.7 Å². The number of fused-ring (bicyclic) bond motifs is 1. The van der Waals surface area contributed by atoms with Gasteiger partial charge in [0, 0.05) is 36.4 Å². The zero-order valence-electron chi connectivity index (χ0n) is 14.8. The van der Waals surface area contributed by atoms with E-state index in [4.69, 9.17) is 5.10 Å². The SMILES string of the molecule is CCCn1nc(CSC)c2c1CCC(NCCc1cccnc1)C2. The second-order valence-electron chi connectivity index (χ2n) is 6.53. The molecular weight excluding hydrogens is 316 g/mol. The number of rotatable bonds is 8. The molecular formula is C19H28N4S. The van der Waals surface area contributed by atoms with Crippen LogP contribution in [0.25, 0.3) is 0 Å². The van der Waals surface area contributed by atoms with Gasteiger partial charge in [0.1, 0.15) is 0 Å². The summed E-state index contributed by atoms with van der Waals surface area (Å²) < 4.78 is 2.27. The van der Waals surface area contributed by atoms with Crippen LogP contribution in [0.4, 0.5) is 0 Å². The van der Waals surface area contributed by atoms with Crippen LogP contribution in [-0.4, -0.2) is 33.6 Å². The van der Waals surface area contributed by atoms with Crippen LogP contribution in [0.5, 0.6) is 0 Å². The fourth-order valence-electron chi connectivity index (χ4n) is 3.55. The zero-order chi connectivity index (χ0) is 16.8. The maximum absolute atomic E-state index is 4.89. The van der Waals surface area contributed by atoms with Crippen LogP contribution >= 0.6 is 11.8 Å². The van der Waals surface area contributed by atoms with E-state index in [0.29, 0.717) is 6.04 Å². The summed E-state index contributed by atoms with van der Waals surface area (Å²) in [7, 11) is 0. The van der Waals surface area contributed by atoms with Crippen LogP contribution in [-0.2, 0) is 31.6 Å². The minimum Gasteiger partial charge on any atom is -0.313 e. The van der Waals surface area contributed by atoms with Crippen LogP contribution in [0.1, 0.15) is 42.3 Å². The number of thioether (sulfide) groups is 1. The maximum atomic E-state index is 4.89. The Morgan fingerprint density at radius 3 is 3.08 bits per heavy atom. The third-order valence-electron chi connectivity index (χ3n) is 4.72. The van der Waals surface area contributed by atoms with Crippen molar-refractivity contribution in [2.75, 3.05) is 12.8 Å². The van der Waals surface area contributed by atoms with Crippen molar-refractivity contribution in [3.63, 3.8) is 0 Å². The maximum Gasteiger partial charge on any atom is 0.0758 e. The summed E-state index contributed by atoms with van der Waals surface area (Å²) in [5.41, 5.74) is 5.62. The van der Waals surface area contributed by atoms with E-state index in [0.717, 1.165) is 44.5 Å². The fraction of sp³-hybridized carbons (Fsp3) is 0.579. The third-order valence-corrected chi connectivity index (χ3v) is 5.28. The van der Waals surface area contributed by atoms with Crippen LogP contribution in [0, 0.1) is 0 Å². The average Bonchev–Trinajstić information content (AvgIpc) is 2.94. The molecule has 1 aliphatic carbocycles. The summed E-state index contributed by atoms with van der Waals surface area (Å²) in [6.07, 6.45) is 11.7. The highest BCUT2D eigenvalue weighted by atomic mass is 32.2. The van der Waals surface area contributed by atoms with E-state index >= 15 is 0 Å². The van der Waals surface area contributed by atoms with Crippen molar-refractivity contribution >= 4 is 11.8 Å². The number of hydrogen-bond donors (Lipinski definition) is 1. The lowest BCUT2D eigenvalue weighted by Gasteiger charge is -2.24. The van der Waals surface area contributed by atoms with Crippen molar-refractivity contribution < 1.29 is 0 Å². The second kappa shape index (κ2) is 8.67. The van der Waals surface area contributed by atoms with E-state index in [9.17, 15) is 0 Å². The number of nitrogens with zero attached hydrogens (tertiary/aromatic N) is 3. The molecule has 0 aliphatic heterocycles. The lowest BCUT2D eigenvalue weighted by Crippen LogP contribution is -2.36. The summed E-state index contributed by atoms with van der Waals surface area (Å²) in [6, 6.07) is 4.74. The van der Waals surface area contributed by atoms with Gasteiger partial charge < -0.3 is 5.32 Å². The molecule has 0 radical (unpaired) electrons. The van der Waals surface area contributed by atoms with Crippen LogP contribution < -0.4 is 5.32 Å². The van der Waals surface area contributed by atoms with Gasteiger partial charge in [-0.3, -0.25) is 9.67 Å². The number of aromatic nitrogens is 3. The van der Waals surface area contributed by atoms with Gasteiger partial charge in [0.2, 0.25) is 0 Å². The molecule has 2 aromatic rings. The standard InChI is InChI=1S/C19H28N4S/c1-3-11-23-19-7-6-16(12-17(19)18(22-23)14-24-2)21-10-8-15-5-4-9-20-13-15/h4-5,9,13,16,21H,3,6-8,10-12,14H2,1-2H3. The molecule has 130 valence electrons. The molecule has 2 heterocycles. The lowest BCUT2D eigenvalue weighted by atomic mass is 9.91. The fourth-order valence-corrected chi connectivity index (χ4v) is 4.06. The first-order chi connectivity index (χ1) is 11.8. The van der Waals surface area contributed by atoms with Gasteiger partial charge >= 0.3 is 0 Å². The van der Waals surface area contributed by atoms with Gasteiger partial charge in [-0.2, -0.15) is 16.9 Å². The molecule has 0 bridgehead atoms. The largest absolute Gasteiger partial charge is 0.313 e. The molecule has 1 aliphatic rings. The predicted octanol–water partition coefficient (Wildman–Crippen LogP) is 3.24. The van der Waals surface area contributed by atoms with Crippen molar-refractivity contribution in [3.05, 3.63) is 47.0 Å². The van der Waals surface area contributed by atoms with E-state index in [1.54, 1.807) is 0 Å². The van der Waals surface area contributed by atoms with Gasteiger partial charge in [-0.15, -0.1) is 0 Å². The van der Waals surface area contributed by atoms with Crippen LogP contribution in [0.2, 0.25) is 0 Å². The second-order valence-corrected chi connectivity index (χ2v) is 7.40. The molecule has 1 atom stereocenters. The number of nitrogens with one attached hydrogen (secondary N) is 1. The highest BCUT2D eigenvalue weighted by molar-refractivity contribution is 7.97. The third kappa shape index (κ3) is 4.19. The van der Waals surface area contributed by atoms with E-state index in [-0.39, 0.29) is 0 Å². The molecule has 1 unspecified atom stereocenters. The Bertz CT molecular complexity index is 638. The molecule has 1 N–H and O–H groups in total. The molecule has 3 rings (SSSR count). The van der Waals surface area contributed by atoms with Gasteiger partial charge in [-0.25, -0.2) is 0 Å². The van der Waals surface area contributed by atoms with Crippen molar-refractivity contribution in [1.29, 1.82) is 0 Å². The summed E-state index contributed by atoms with van der Waals surface area (Å²) in [5, 5.41) is 8.64. The van der Waals surface area contributed by atoms with Crippen molar-refractivity contribution in [2.24, 2.45) is 0 Å². The minimum absolute atomic E-state index is 0.578. The lowest BCUT2D eigenvalue weighted by molar-refractivity contribution is 0.446. The Morgan fingerprint density at radius 2 is 2.33 bits per heavy atom. The summed E-state index contributed by atoms with van der Waals surface area (Å²) in [5.74, 6) is 1.03. The zero-order valence-corrected chi connectivity index (χ0v) is 15.6. The predicted molar refractivity (Wildman–Crippen MR) is 101 cm³/mol. The van der Waals surface area contributed by atoms with Crippen LogP contribution in [0.15, 0.2) is 24.5 Å². The Kier molecular flexibility index (Phi) is 6.32. The Balaban J connectivity index is 1.60. The van der Waals surface area contributed by atoms with E-state index in [1.165, 1.54) is 28.9 Å². The van der Waals surface area contributed by atoms with Gasteiger partial charge in [-0.05, 0) is 62.1 Å². The molecule has 0 spiro atoms. The molecule has 2 aromatic heterocycles. The number of aryl methyl sites for hydroxylation is 1. The van der Waals surface area contributed by atoms with Crippen LogP contribution in [0.3, 0.4) is 0 Å². The molecule has 5 heteroatoms. The Morgan fingerprint density at radius 1 is 1.42 bits per heavy atom. The van der Waals surface area contributed by atoms with E-state index in [1.807, 2.05) is 30.2 Å². The van der Waals surface area contributed by atoms with E-state index < -0.39 is 0 Å². The molecule has 4 nitrogen and oxygen atoms in total. The molecule has 0 saturated heterocycles. The highest BCUT2D eigenvalue weighted by Crippen LogP contribution is 2.27. The van der Waals surface area contributed by atoms with Crippen molar-refractivity contribution in [3.8, 4) is 0 Å². The van der Waals surface area contributed by atoms with Gasteiger partial charge in [-0.1, -0.05) is 13.0 Å². The molecule has 0 aromatic carbocycles. The Labute approximate surface area is 149 Å². The molecule has 0 saturated carbocycles. The summed E-state index contributed by atoms with van der Waals surface area (Å²) in [6.45, 7) is 4.30. The minimum atomic E-state index is 0.578. The van der Waals surface area contributed by atoms with Gasteiger partial charge in [0.15, 0.2) is 0 Å². The quantitative estimate of drug-likeness (QED) is 0.798. The number of hydrogen-bond acceptors (Lipinski definition) is 4. The van der Waals surface area contributed by atoms with Crippen molar-refractivity contribution in [1.82, 2.24) is 20.1 Å². The summed E-state index contributed by atoms with van der Waals surface area (Å²) in [4.78, 5) is 4.19. The molecule has 0 amide bonds. The van der Waals surface area contributed by atoms with Crippen molar-refractivity contribution in [2.45, 2.75) is 57.4 Å². The van der Waals surface area contributed by atoms with Gasteiger partial charge in [0.05, 0.1) is 5.69 Å². The smallest absolute Gasteiger partial charge is 0.0758 e. The Hall–Kier alpha value is -1.33. The first-order valence-electron chi connectivity index (χ1n) is 9.00. The van der Waals surface area contributed by atoms with Gasteiger partial charge in [0.25, 0.3) is 0 Å². The first-order valence-corrected chi connectivity index (χ1v) is 10.4. The first kappa shape index (κ1) is 17.5. The van der Waals surface area contributed by atoms with E-state index in [2.05, 4.69) is 34.2 Å². The highest BCUT2D eigenvalue weighted by Gasteiger charge is 2.25. The average molecular weight is 345 g/mol.